The molecule has 0 fully saturated rings. The zero-order chi connectivity index (χ0) is 17.8. The number of carbonyl (C=O) groups excluding carboxylic acids is 1. The minimum absolute atomic E-state index is 0.254. The summed E-state index contributed by atoms with van der Waals surface area (Å²) in [6.07, 6.45) is 3.28. The minimum atomic E-state index is -0.475. The summed E-state index contributed by atoms with van der Waals surface area (Å²) in [5, 5.41) is 11.1. The van der Waals surface area contributed by atoms with Crippen LogP contribution >= 0.6 is 35.0 Å². The quantitative estimate of drug-likeness (QED) is 0.638. The van der Waals surface area contributed by atoms with Crippen LogP contribution in [0.25, 0.3) is 11.5 Å². The number of nitrogens with zero attached hydrogens (tertiary/aromatic N) is 3. The number of pyridine rings is 1. The van der Waals surface area contributed by atoms with Crippen LogP contribution in [0.3, 0.4) is 0 Å². The van der Waals surface area contributed by atoms with E-state index in [9.17, 15) is 4.79 Å². The van der Waals surface area contributed by atoms with Gasteiger partial charge in [0.2, 0.25) is 11.8 Å². The standard InChI is InChI=1S/C16H12Cl2N4O2S/c1-9(14(23)20-12-6-2-5-11(17)13(12)18)25-16-22-21-15(24-16)10-4-3-7-19-8-10/h2-9H,1H3,(H,20,23)/t9-/m1/s1. The first-order valence-electron chi connectivity index (χ1n) is 7.20. The Bertz CT molecular complexity index is 889. The van der Waals surface area contributed by atoms with Gasteiger partial charge in [-0.2, -0.15) is 0 Å². The molecule has 0 aliphatic heterocycles. The molecule has 0 spiro atoms. The largest absolute Gasteiger partial charge is 0.411 e. The van der Waals surface area contributed by atoms with Gasteiger partial charge in [0.05, 0.1) is 26.5 Å². The van der Waals surface area contributed by atoms with E-state index in [1.165, 1.54) is 0 Å². The SMILES string of the molecule is C[C@@H](Sc1nnc(-c2cccnc2)o1)C(=O)Nc1cccc(Cl)c1Cl. The van der Waals surface area contributed by atoms with E-state index in [4.69, 9.17) is 27.6 Å². The Balaban J connectivity index is 1.66. The van der Waals surface area contributed by atoms with Crippen molar-refractivity contribution >= 4 is 46.6 Å². The Hall–Kier alpha value is -2.09. The van der Waals surface area contributed by atoms with Crippen molar-refractivity contribution < 1.29 is 9.21 Å². The van der Waals surface area contributed by atoms with Gasteiger partial charge in [-0.1, -0.05) is 41.0 Å². The van der Waals surface area contributed by atoms with Gasteiger partial charge in [-0.05, 0) is 31.2 Å². The molecule has 2 heterocycles. The fraction of sp³-hybridized carbons (Fsp3) is 0.125. The van der Waals surface area contributed by atoms with Crippen LogP contribution in [0.4, 0.5) is 5.69 Å². The van der Waals surface area contributed by atoms with Crippen LogP contribution in [0, 0.1) is 0 Å². The molecule has 128 valence electrons. The fourth-order valence-electron chi connectivity index (χ4n) is 1.90. The fourth-order valence-corrected chi connectivity index (χ4v) is 2.93. The smallest absolute Gasteiger partial charge is 0.277 e. The maximum atomic E-state index is 12.3. The first-order chi connectivity index (χ1) is 12.0. The summed E-state index contributed by atoms with van der Waals surface area (Å²) in [5.74, 6) is 0.0939. The molecule has 2 aromatic heterocycles. The highest BCUT2D eigenvalue weighted by molar-refractivity contribution is 8.00. The summed E-state index contributed by atoms with van der Waals surface area (Å²) in [6, 6.07) is 8.62. The molecule has 3 rings (SSSR count). The van der Waals surface area contributed by atoms with Crippen molar-refractivity contribution in [3.8, 4) is 11.5 Å². The second-order valence-corrected chi connectivity index (χ2v) is 7.04. The van der Waals surface area contributed by atoms with Crippen molar-refractivity contribution in [2.45, 2.75) is 17.4 Å². The Kier molecular flexibility index (Phi) is 5.57. The van der Waals surface area contributed by atoms with Crippen molar-refractivity contribution in [2.24, 2.45) is 0 Å². The summed E-state index contributed by atoms with van der Waals surface area (Å²) in [7, 11) is 0. The minimum Gasteiger partial charge on any atom is -0.411 e. The lowest BCUT2D eigenvalue weighted by molar-refractivity contribution is -0.115. The van der Waals surface area contributed by atoms with Crippen LogP contribution in [0.5, 0.6) is 0 Å². The van der Waals surface area contributed by atoms with E-state index in [0.717, 1.165) is 11.8 Å². The Morgan fingerprint density at radius 1 is 1.24 bits per heavy atom. The maximum absolute atomic E-state index is 12.3. The average molecular weight is 395 g/mol. The lowest BCUT2D eigenvalue weighted by Crippen LogP contribution is -2.22. The number of aromatic nitrogens is 3. The lowest BCUT2D eigenvalue weighted by Gasteiger charge is -2.11. The lowest BCUT2D eigenvalue weighted by atomic mass is 10.3. The van der Waals surface area contributed by atoms with E-state index in [2.05, 4.69) is 20.5 Å². The molecule has 0 bridgehead atoms. The number of halogens is 2. The number of amides is 1. The average Bonchev–Trinajstić information content (AvgIpc) is 3.08. The predicted molar refractivity (Wildman–Crippen MR) is 97.9 cm³/mol. The monoisotopic (exact) mass is 394 g/mol. The molecule has 6 nitrogen and oxygen atoms in total. The summed E-state index contributed by atoms with van der Waals surface area (Å²) < 4.78 is 5.56. The number of carbonyl (C=O) groups is 1. The first-order valence-corrected chi connectivity index (χ1v) is 8.83. The third-order valence-electron chi connectivity index (χ3n) is 3.17. The maximum Gasteiger partial charge on any atom is 0.277 e. The zero-order valence-electron chi connectivity index (χ0n) is 12.9. The van der Waals surface area contributed by atoms with Crippen molar-refractivity contribution in [2.75, 3.05) is 5.32 Å². The zero-order valence-corrected chi connectivity index (χ0v) is 15.3. The molecular formula is C16H12Cl2N4O2S. The third-order valence-corrected chi connectivity index (χ3v) is 4.92. The molecule has 1 atom stereocenters. The van der Waals surface area contributed by atoms with E-state index in [-0.39, 0.29) is 5.91 Å². The van der Waals surface area contributed by atoms with Crippen LogP contribution in [-0.2, 0) is 4.79 Å². The van der Waals surface area contributed by atoms with Gasteiger partial charge in [-0.3, -0.25) is 9.78 Å². The van der Waals surface area contributed by atoms with Gasteiger partial charge in [-0.25, -0.2) is 0 Å². The van der Waals surface area contributed by atoms with Crippen molar-refractivity contribution in [1.82, 2.24) is 15.2 Å². The van der Waals surface area contributed by atoms with Crippen molar-refractivity contribution in [3.05, 3.63) is 52.8 Å². The van der Waals surface area contributed by atoms with Crippen molar-refractivity contribution in [1.29, 1.82) is 0 Å². The molecule has 1 aromatic carbocycles. The van der Waals surface area contributed by atoms with E-state index in [1.807, 2.05) is 6.07 Å². The van der Waals surface area contributed by atoms with Gasteiger partial charge in [0, 0.05) is 12.4 Å². The molecule has 1 N–H and O–H groups in total. The summed E-state index contributed by atoms with van der Waals surface area (Å²) in [6.45, 7) is 1.73. The van der Waals surface area contributed by atoms with Gasteiger partial charge >= 0.3 is 0 Å². The topological polar surface area (TPSA) is 80.9 Å². The predicted octanol–water partition coefficient (Wildman–Crippen LogP) is 4.56. The van der Waals surface area contributed by atoms with Gasteiger partial charge in [0.15, 0.2) is 0 Å². The van der Waals surface area contributed by atoms with Crippen molar-refractivity contribution in [3.63, 3.8) is 0 Å². The van der Waals surface area contributed by atoms with Crippen LogP contribution in [0.15, 0.2) is 52.4 Å². The van der Waals surface area contributed by atoms with Crippen LogP contribution in [0.1, 0.15) is 6.92 Å². The Labute approximate surface area is 158 Å². The normalized spacial score (nSPS) is 12.0. The van der Waals surface area contributed by atoms with Gasteiger partial charge in [0.25, 0.3) is 5.22 Å². The molecule has 25 heavy (non-hydrogen) atoms. The number of hydrogen-bond donors (Lipinski definition) is 1. The molecule has 0 radical (unpaired) electrons. The highest BCUT2D eigenvalue weighted by atomic mass is 35.5. The second kappa shape index (κ2) is 7.86. The Morgan fingerprint density at radius 2 is 2.08 bits per heavy atom. The van der Waals surface area contributed by atoms with Gasteiger partial charge in [0.1, 0.15) is 0 Å². The van der Waals surface area contributed by atoms with Gasteiger partial charge < -0.3 is 9.73 Å². The first kappa shape index (κ1) is 17.7. The molecule has 0 unspecified atom stereocenters. The number of anilines is 1. The molecule has 0 saturated carbocycles. The second-order valence-electron chi connectivity index (χ2n) is 4.97. The van der Waals surface area contributed by atoms with Crippen LogP contribution in [-0.4, -0.2) is 26.3 Å². The number of thioether (sulfide) groups is 1. The molecule has 9 heteroatoms. The molecule has 0 aliphatic carbocycles. The number of nitrogens with one attached hydrogen (secondary N) is 1. The van der Waals surface area contributed by atoms with Crippen LogP contribution < -0.4 is 5.32 Å². The Morgan fingerprint density at radius 3 is 2.84 bits per heavy atom. The number of rotatable bonds is 5. The van der Waals surface area contributed by atoms with Gasteiger partial charge in [-0.15, -0.1) is 10.2 Å². The van der Waals surface area contributed by atoms with E-state index >= 15 is 0 Å². The molecule has 0 aliphatic rings. The number of hydrogen-bond acceptors (Lipinski definition) is 6. The molecule has 0 saturated heterocycles. The molecule has 3 aromatic rings. The van der Waals surface area contributed by atoms with Crippen LogP contribution in [0.2, 0.25) is 10.0 Å². The summed E-state index contributed by atoms with van der Waals surface area (Å²) in [4.78, 5) is 16.3. The third kappa shape index (κ3) is 4.31. The highest BCUT2D eigenvalue weighted by Gasteiger charge is 2.20. The van der Waals surface area contributed by atoms with E-state index in [0.29, 0.717) is 32.4 Å². The number of benzene rings is 1. The molecular weight excluding hydrogens is 383 g/mol. The van der Waals surface area contributed by atoms with E-state index in [1.54, 1.807) is 43.6 Å². The van der Waals surface area contributed by atoms with E-state index < -0.39 is 5.25 Å². The highest BCUT2D eigenvalue weighted by Crippen LogP contribution is 2.31. The summed E-state index contributed by atoms with van der Waals surface area (Å²) >= 11 is 13.2. The summed E-state index contributed by atoms with van der Waals surface area (Å²) in [5.41, 5.74) is 1.16. The molecule has 1 amide bonds.